The van der Waals surface area contributed by atoms with Gasteiger partial charge in [-0.1, -0.05) is 23.7 Å². The number of aromatic nitrogens is 2. The van der Waals surface area contributed by atoms with E-state index < -0.39 is 11.4 Å². The van der Waals surface area contributed by atoms with Crippen LogP contribution in [0.1, 0.15) is 25.0 Å². The lowest BCUT2D eigenvalue weighted by molar-refractivity contribution is -0.107. The molecule has 0 aliphatic carbocycles. The van der Waals surface area contributed by atoms with Gasteiger partial charge in [0.05, 0.1) is 12.6 Å². The summed E-state index contributed by atoms with van der Waals surface area (Å²) in [4.78, 5) is 27.2. The maximum absolute atomic E-state index is 14.3. The second-order valence-electron chi connectivity index (χ2n) is 6.96. The molecule has 1 heterocycles. The van der Waals surface area contributed by atoms with Crippen molar-refractivity contribution in [2.45, 2.75) is 32.9 Å². The van der Waals surface area contributed by atoms with Gasteiger partial charge in [-0.15, -0.1) is 0 Å². The summed E-state index contributed by atoms with van der Waals surface area (Å²) in [5, 5.41) is 3.58. The third kappa shape index (κ3) is 5.45. The number of benzene rings is 2. The van der Waals surface area contributed by atoms with Crippen LogP contribution in [0, 0.1) is 5.82 Å². The molecule has 0 bridgehead atoms. The van der Waals surface area contributed by atoms with E-state index in [1.54, 1.807) is 29.0 Å². The van der Waals surface area contributed by atoms with Gasteiger partial charge in [-0.05, 0) is 43.7 Å². The number of aldehydes is 1. The summed E-state index contributed by atoms with van der Waals surface area (Å²) >= 11 is 5.94. The van der Waals surface area contributed by atoms with E-state index in [9.17, 15) is 14.0 Å². The second-order valence-corrected chi connectivity index (χ2v) is 7.39. The van der Waals surface area contributed by atoms with Gasteiger partial charge in [0.25, 0.3) is 5.56 Å². The molecule has 0 saturated heterocycles. The fourth-order valence-electron chi connectivity index (χ4n) is 2.83. The van der Waals surface area contributed by atoms with E-state index >= 15 is 0 Å². The number of anilines is 2. The van der Waals surface area contributed by atoms with Crippen molar-refractivity contribution in [2.24, 2.45) is 0 Å². The molecular weight excluding hydrogens is 409 g/mol. The van der Waals surface area contributed by atoms with E-state index in [1.165, 1.54) is 12.1 Å². The average Bonchev–Trinajstić information content (AvgIpc) is 2.69. The van der Waals surface area contributed by atoms with Gasteiger partial charge in [0.1, 0.15) is 6.29 Å². The highest BCUT2D eigenvalue weighted by molar-refractivity contribution is 6.30. The number of hydrogen-bond acceptors (Lipinski definition) is 5. The van der Waals surface area contributed by atoms with Crippen molar-refractivity contribution in [3.05, 3.63) is 81.0 Å². The van der Waals surface area contributed by atoms with Gasteiger partial charge >= 0.3 is 0 Å². The first-order chi connectivity index (χ1) is 14.4. The van der Waals surface area contributed by atoms with E-state index in [4.69, 9.17) is 16.3 Å². The maximum Gasteiger partial charge on any atom is 0.278 e. The molecule has 0 fully saturated rings. The number of halogens is 2. The monoisotopic (exact) mass is 429 g/mol. The van der Waals surface area contributed by atoms with Crippen LogP contribution in [0.5, 0.6) is 5.75 Å². The van der Waals surface area contributed by atoms with Crippen molar-refractivity contribution >= 4 is 29.5 Å². The van der Waals surface area contributed by atoms with Crippen LogP contribution in [0.2, 0.25) is 5.02 Å². The highest BCUT2D eigenvalue weighted by Gasteiger charge is 2.12. The zero-order valence-corrected chi connectivity index (χ0v) is 17.3. The molecule has 6 nitrogen and oxygen atoms in total. The summed E-state index contributed by atoms with van der Waals surface area (Å²) < 4.78 is 21.4. The molecule has 0 aliphatic rings. The molecule has 0 atom stereocenters. The Hall–Kier alpha value is -3.19. The Bertz CT molecular complexity index is 1100. The minimum Gasteiger partial charge on any atom is -0.488 e. The molecule has 0 amide bonds. The van der Waals surface area contributed by atoms with Crippen LogP contribution >= 0.6 is 11.6 Å². The number of carbonyl (C=O) groups is 1. The predicted octanol–water partition coefficient (Wildman–Crippen LogP) is 4.36. The molecule has 156 valence electrons. The Kier molecular flexibility index (Phi) is 6.84. The van der Waals surface area contributed by atoms with Crippen LogP contribution in [0.25, 0.3) is 0 Å². The summed E-state index contributed by atoms with van der Waals surface area (Å²) in [5.41, 5.74) is 1.08. The topological polar surface area (TPSA) is 73.2 Å². The number of carbonyl (C=O) groups excluding carboxylic acids is 1. The fraction of sp³-hybridized carbons (Fsp3) is 0.227. The zero-order chi connectivity index (χ0) is 21.7. The van der Waals surface area contributed by atoms with Crippen LogP contribution in [-0.4, -0.2) is 21.9 Å². The summed E-state index contributed by atoms with van der Waals surface area (Å²) in [7, 11) is 0. The molecular formula is C22H21ClFN3O3. The molecule has 30 heavy (non-hydrogen) atoms. The van der Waals surface area contributed by atoms with Gasteiger partial charge in [-0.3, -0.25) is 4.79 Å². The Morgan fingerprint density at radius 2 is 1.97 bits per heavy atom. The number of ether oxygens (including phenoxy) is 1. The zero-order valence-electron chi connectivity index (χ0n) is 16.6. The van der Waals surface area contributed by atoms with Crippen LogP contribution in [0.4, 0.5) is 16.0 Å². The summed E-state index contributed by atoms with van der Waals surface area (Å²) in [6.45, 7) is 3.99. The first-order valence-electron chi connectivity index (χ1n) is 9.37. The number of hydrogen-bond donors (Lipinski definition) is 1. The standard InChI is InChI=1S/C22H21ClFN3O3/c1-14(2)30-20-8-7-18(11-19(20)24)25-22-26-21(29)16(9-10-28)13-27(22)12-15-3-5-17(23)6-4-15/h3-8,10-11,13-14H,9,12H2,1-2H3,(H,25,26,29). The number of nitrogens with one attached hydrogen (secondary N) is 1. The third-order valence-electron chi connectivity index (χ3n) is 4.19. The van der Waals surface area contributed by atoms with Crippen molar-refractivity contribution in [1.29, 1.82) is 0 Å². The molecule has 1 aromatic heterocycles. The highest BCUT2D eigenvalue weighted by Crippen LogP contribution is 2.24. The minimum atomic E-state index is -0.530. The van der Waals surface area contributed by atoms with Crippen LogP contribution in [0.3, 0.4) is 0 Å². The van der Waals surface area contributed by atoms with Gasteiger partial charge in [-0.25, -0.2) is 4.39 Å². The van der Waals surface area contributed by atoms with Crippen LogP contribution in [-0.2, 0) is 17.8 Å². The molecule has 2 aromatic carbocycles. The first-order valence-corrected chi connectivity index (χ1v) is 9.75. The lowest BCUT2D eigenvalue weighted by Crippen LogP contribution is -2.21. The Labute approximate surface area is 178 Å². The molecule has 3 aromatic rings. The van der Waals surface area contributed by atoms with Crippen molar-refractivity contribution < 1.29 is 13.9 Å². The molecule has 0 saturated carbocycles. The SMILES string of the molecule is CC(C)Oc1ccc(Nc2nc(=O)c(CC=O)cn2Cc2ccc(Cl)cc2)cc1F. The molecule has 0 aliphatic heterocycles. The van der Waals surface area contributed by atoms with Crippen LogP contribution < -0.4 is 15.6 Å². The Morgan fingerprint density at radius 1 is 1.23 bits per heavy atom. The van der Waals surface area contributed by atoms with Crippen molar-refractivity contribution in [1.82, 2.24) is 9.55 Å². The normalized spacial score (nSPS) is 10.8. The molecule has 0 radical (unpaired) electrons. The van der Waals surface area contributed by atoms with E-state index in [-0.39, 0.29) is 29.8 Å². The summed E-state index contributed by atoms with van der Waals surface area (Å²) in [6, 6.07) is 11.6. The maximum atomic E-state index is 14.3. The molecule has 8 heteroatoms. The smallest absolute Gasteiger partial charge is 0.278 e. The van der Waals surface area contributed by atoms with Gasteiger partial charge in [0.2, 0.25) is 5.95 Å². The molecule has 0 spiro atoms. The second kappa shape index (κ2) is 9.54. The lowest BCUT2D eigenvalue weighted by Gasteiger charge is -2.16. The van der Waals surface area contributed by atoms with Crippen molar-refractivity contribution in [3.63, 3.8) is 0 Å². The van der Waals surface area contributed by atoms with Gasteiger partial charge in [0, 0.05) is 35.0 Å². The van der Waals surface area contributed by atoms with Crippen LogP contribution in [0.15, 0.2) is 53.5 Å². The van der Waals surface area contributed by atoms with Gasteiger partial charge < -0.3 is 19.4 Å². The minimum absolute atomic E-state index is 0.0391. The van der Waals surface area contributed by atoms with E-state index in [2.05, 4.69) is 10.3 Å². The molecule has 0 unspecified atom stereocenters. The van der Waals surface area contributed by atoms with Gasteiger partial charge in [-0.2, -0.15) is 4.98 Å². The van der Waals surface area contributed by atoms with Crippen molar-refractivity contribution in [2.75, 3.05) is 5.32 Å². The van der Waals surface area contributed by atoms with E-state index in [0.29, 0.717) is 23.5 Å². The average molecular weight is 430 g/mol. The summed E-state index contributed by atoms with van der Waals surface area (Å²) in [6.07, 6.45) is 2.03. The fourth-order valence-corrected chi connectivity index (χ4v) is 2.96. The largest absolute Gasteiger partial charge is 0.488 e. The predicted molar refractivity (Wildman–Crippen MR) is 114 cm³/mol. The molecule has 1 N–H and O–H groups in total. The highest BCUT2D eigenvalue weighted by atomic mass is 35.5. The van der Waals surface area contributed by atoms with E-state index in [1.807, 2.05) is 26.0 Å². The van der Waals surface area contributed by atoms with E-state index in [0.717, 1.165) is 5.56 Å². The number of nitrogens with zero attached hydrogens (tertiary/aromatic N) is 2. The number of rotatable bonds is 8. The quantitative estimate of drug-likeness (QED) is 0.539. The molecule has 3 rings (SSSR count). The Morgan fingerprint density at radius 3 is 2.60 bits per heavy atom. The first kappa shape index (κ1) is 21.5. The lowest BCUT2D eigenvalue weighted by atomic mass is 10.2. The third-order valence-corrected chi connectivity index (χ3v) is 4.44. The Balaban J connectivity index is 1.95. The summed E-state index contributed by atoms with van der Waals surface area (Å²) in [5.74, 6) is -0.164. The van der Waals surface area contributed by atoms with Gasteiger partial charge in [0.15, 0.2) is 11.6 Å². The van der Waals surface area contributed by atoms with Crippen molar-refractivity contribution in [3.8, 4) is 5.75 Å².